The van der Waals surface area contributed by atoms with Crippen LogP contribution in [0.3, 0.4) is 0 Å². The van der Waals surface area contributed by atoms with E-state index in [9.17, 15) is 18.4 Å². The summed E-state index contributed by atoms with van der Waals surface area (Å²) in [6, 6.07) is 2.87. The topological polar surface area (TPSA) is 96.8 Å². The van der Waals surface area contributed by atoms with Gasteiger partial charge in [-0.2, -0.15) is 5.10 Å². The molecular formula is C22H30F2N6O2. The van der Waals surface area contributed by atoms with Crippen molar-refractivity contribution in [2.45, 2.75) is 50.0 Å². The van der Waals surface area contributed by atoms with E-state index in [2.05, 4.69) is 16.1 Å². The minimum Gasteiger partial charge on any atom is -0.349 e. The second-order valence-electron chi connectivity index (χ2n) is 9.29. The number of amides is 2. The number of hydrogen-bond donors (Lipinski definition) is 1. The Labute approximate surface area is 185 Å². The fourth-order valence-electron chi connectivity index (χ4n) is 5.12. The monoisotopic (exact) mass is 448 g/mol. The van der Waals surface area contributed by atoms with Gasteiger partial charge in [-0.05, 0) is 49.1 Å². The molecule has 174 valence electrons. The third kappa shape index (κ3) is 4.46. The average Bonchev–Trinajstić information content (AvgIpc) is 3.38. The van der Waals surface area contributed by atoms with Crippen LogP contribution in [0.25, 0.3) is 5.65 Å². The van der Waals surface area contributed by atoms with Crippen molar-refractivity contribution in [1.82, 2.24) is 24.4 Å². The first-order valence-corrected chi connectivity index (χ1v) is 11.1. The molecule has 1 aliphatic carbocycles. The molecule has 1 saturated heterocycles. The molecule has 2 fully saturated rings. The van der Waals surface area contributed by atoms with E-state index < -0.39 is 30.3 Å². The number of hydrogen-bond acceptors (Lipinski definition) is 5. The van der Waals surface area contributed by atoms with Gasteiger partial charge in [0.05, 0.1) is 18.5 Å². The zero-order valence-electron chi connectivity index (χ0n) is 18.5. The van der Waals surface area contributed by atoms with Crippen molar-refractivity contribution in [3.8, 4) is 0 Å². The molecule has 1 aliphatic heterocycles. The van der Waals surface area contributed by atoms with E-state index in [4.69, 9.17) is 5.73 Å². The molecule has 2 N–H and O–H groups in total. The Hall–Kier alpha value is -2.62. The lowest BCUT2D eigenvalue weighted by atomic mass is 9.71. The number of nitrogens with zero attached hydrogens (tertiary/aromatic N) is 5. The van der Waals surface area contributed by atoms with Gasteiger partial charge in [-0.3, -0.25) is 9.59 Å². The zero-order valence-corrected chi connectivity index (χ0v) is 18.5. The Morgan fingerprint density at radius 3 is 2.56 bits per heavy atom. The van der Waals surface area contributed by atoms with Gasteiger partial charge in [-0.25, -0.2) is 18.3 Å². The summed E-state index contributed by atoms with van der Waals surface area (Å²) in [6.45, 7) is -0.653. The van der Waals surface area contributed by atoms with E-state index in [1.807, 2.05) is 12.3 Å². The van der Waals surface area contributed by atoms with E-state index in [0.29, 0.717) is 5.92 Å². The van der Waals surface area contributed by atoms with Crippen LogP contribution in [0, 0.1) is 11.8 Å². The maximum atomic E-state index is 13.6. The van der Waals surface area contributed by atoms with Gasteiger partial charge >= 0.3 is 0 Å². The SMILES string of the molecule is CN(C)C(=O)[C@@H](C1CCC(c2ccc3ncnn3c2)CC1)C(N)C(=O)N1CCC(F)(F)C1. The van der Waals surface area contributed by atoms with Crippen LogP contribution in [-0.4, -0.2) is 75.4 Å². The summed E-state index contributed by atoms with van der Waals surface area (Å²) in [5, 5.41) is 4.19. The summed E-state index contributed by atoms with van der Waals surface area (Å²) >= 11 is 0. The van der Waals surface area contributed by atoms with Crippen molar-refractivity contribution in [3.05, 3.63) is 30.2 Å². The van der Waals surface area contributed by atoms with E-state index in [1.54, 1.807) is 18.6 Å². The molecule has 0 spiro atoms. The van der Waals surface area contributed by atoms with Crippen LogP contribution in [0.15, 0.2) is 24.7 Å². The first kappa shape index (κ1) is 22.6. The Bertz CT molecular complexity index is 986. The highest BCUT2D eigenvalue weighted by Crippen LogP contribution is 2.40. The van der Waals surface area contributed by atoms with Gasteiger partial charge in [0.25, 0.3) is 5.92 Å². The van der Waals surface area contributed by atoms with Gasteiger partial charge < -0.3 is 15.5 Å². The normalized spacial score (nSPS) is 25.0. The van der Waals surface area contributed by atoms with Crippen molar-refractivity contribution in [3.63, 3.8) is 0 Å². The van der Waals surface area contributed by atoms with Crippen molar-refractivity contribution in [2.75, 3.05) is 27.2 Å². The molecule has 2 aromatic rings. The van der Waals surface area contributed by atoms with Crippen LogP contribution >= 0.6 is 0 Å². The van der Waals surface area contributed by atoms with E-state index in [-0.39, 0.29) is 24.8 Å². The van der Waals surface area contributed by atoms with E-state index in [0.717, 1.165) is 41.8 Å². The number of pyridine rings is 1. The summed E-state index contributed by atoms with van der Waals surface area (Å²) in [5.41, 5.74) is 8.24. The second kappa shape index (κ2) is 8.73. The quantitative estimate of drug-likeness (QED) is 0.754. The first-order valence-electron chi connectivity index (χ1n) is 11.1. The van der Waals surface area contributed by atoms with E-state index in [1.165, 1.54) is 11.2 Å². The third-order valence-electron chi connectivity index (χ3n) is 6.93. The number of aromatic nitrogens is 3. The van der Waals surface area contributed by atoms with Gasteiger partial charge in [-0.15, -0.1) is 0 Å². The lowest BCUT2D eigenvalue weighted by Crippen LogP contribution is -2.54. The Kier molecular flexibility index (Phi) is 6.15. The van der Waals surface area contributed by atoms with Crippen molar-refractivity contribution in [2.24, 2.45) is 17.6 Å². The number of likely N-dealkylation sites (tertiary alicyclic amines) is 1. The summed E-state index contributed by atoms with van der Waals surface area (Å²) in [4.78, 5) is 32.6. The number of carbonyl (C=O) groups is 2. The number of halogens is 2. The van der Waals surface area contributed by atoms with Crippen molar-refractivity contribution >= 4 is 17.5 Å². The molecule has 10 heteroatoms. The summed E-state index contributed by atoms with van der Waals surface area (Å²) < 4.78 is 29.0. The maximum absolute atomic E-state index is 13.6. The van der Waals surface area contributed by atoms with Crippen molar-refractivity contribution < 1.29 is 18.4 Å². The molecule has 2 amide bonds. The molecule has 1 saturated carbocycles. The predicted molar refractivity (Wildman–Crippen MR) is 114 cm³/mol. The number of nitrogens with two attached hydrogens (primary N) is 1. The van der Waals surface area contributed by atoms with Crippen LogP contribution in [0.4, 0.5) is 8.78 Å². The lowest BCUT2D eigenvalue weighted by Gasteiger charge is -2.37. The third-order valence-corrected chi connectivity index (χ3v) is 6.93. The highest BCUT2D eigenvalue weighted by molar-refractivity contribution is 5.90. The van der Waals surface area contributed by atoms with Crippen LogP contribution < -0.4 is 5.73 Å². The average molecular weight is 449 g/mol. The zero-order chi connectivity index (χ0) is 23.0. The molecular weight excluding hydrogens is 418 g/mol. The molecule has 2 aliphatic rings. The van der Waals surface area contributed by atoms with Crippen LogP contribution in [0.1, 0.15) is 43.6 Å². The highest BCUT2D eigenvalue weighted by Gasteiger charge is 2.46. The molecule has 32 heavy (non-hydrogen) atoms. The number of carbonyl (C=O) groups excluding carboxylic acids is 2. The number of rotatable bonds is 5. The molecule has 4 rings (SSSR count). The van der Waals surface area contributed by atoms with Gasteiger partial charge in [0.2, 0.25) is 11.8 Å². The number of alkyl halides is 2. The van der Waals surface area contributed by atoms with Crippen LogP contribution in [0.2, 0.25) is 0 Å². The standard InChI is InChI=1S/C22H30F2N6O2/c1-28(2)20(31)18(19(25)21(32)29-10-9-22(23,24)12-29)15-5-3-14(4-6-15)16-7-8-17-26-13-27-30(17)11-16/h7-8,11,13-15,18-19H,3-6,9-10,12,25H2,1-2H3/t14?,15?,18-,19?/m0/s1. The Morgan fingerprint density at radius 2 is 1.94 bits per heavy atom. The lowest BCUT2D eigenvalue weighted by molar-refractivity contribution is -0.144. The Balaban J connectivity index is 1.46. The molecule has 0 bridgehead atoms. The molecule has 0 radical (unpaired) electrons. The molecule has 0 aromatic carbocycles. The molecule has 1 unspecified atom stereocenters. The molecule has 8 nitrogen and oxygen atoms in total. The summed E-state index contributed by atoms with van der Waals surface area (Å²) in [5.74, 6) is -4.13. The minimum atomic E-state index is -2.89. The first-order chi connectivity index (χ1) is 15.2. The minimum absolute atomic E-state index is 0.0279. The second-order valence-corrected chi connectivity index (χ2v) is 9.29. The molecule has 2 atom stereocenters. The fourth-order valence-corrected chi connectivity index (χ4v) is 5.12. The highest BCUT2D eigenvalue weighted by atomic mass is 19.3. The maximum Gasteiger partial charge on any atom is 0.267 e. The molecule has 2 aromatic heterocycles. The summed E-state index contributed by atoms with van der Waals surface area (Å²) in [7, 11) is 3.27. The fraction of sp³-hybridized carbons (Fsp3) is 0.636. The smallest absolute Gasteiger partial charge is 0.267 e. The largest absolute Gasteiger partial charge is 0.349 e. The van der Waals surface area contributed by atoms with Gasteiger partial charge in [0, 0.05) is 33.3 Å². The molecule has 3 heterocycles. The predicted octanol–water partition coefficient (Wildman–Crippen LogP) is 1.90. The van der Waals surface area contributed by atoms with Gasteiger partial charge in [0.1, 0.15) is 6.33 Å². The van der Waals surface area contributed by atoms with Crippen LogP contribution in [0.5, 0.6) is 0 Å². The van der Waals surface area contributed by atoms with Gasteiger partial charge in [0.15, 0.2) is 5.65 Å². The van der Waals surface area contributed by atoms with Crippen molar-refractivity contribution in [1.29, 1.82) is 0 Å². The number of fused-ring (bicyclic) bond motifs is 1. The van der Waals surface area contributed by atoms with E-state index >= 15 is 0 Å². The Morgan fingerprint density at radius 1 is 1.22 bits per heavy atom. The van der Waals surface area contributed by atoms with Gasteiger partial charge in [-0.1, -0.05) is 6.07 Å². The summed E-state index contributed by atoms with van der Waals surface area (Å²) in [6.07, 6.45) is 6.32. The van der Waals surface area contributed by atoms with Crippen LogP contribution in [-0.2, 0) is 9.59 Å².